The van der Waals surface area contributed by atoms with Gasteiger partial charge in [-0.1, -0.05) is 35.5 Å². The van der Waals surface area contributed by atoms with Crippen molar-refractivity contribution in [2.75, 3.05) is 37.7 Å². The van der Waals surface area contributed by atoms with Crippen LogP contribution in [-0.4, -0.2) is 60.2 Å². The van der Waals surface area contributed by atoms with Gasteiger partial charge in [0.1, 0.15) is 5.69 Å². The number of hydrogen-bond acceptors (Lipinski definition) is 6. The Morgan fingerprint density at radius 3 is 2.58 bits per heavy atom. The summed E-state index contributed by atoms with van der Waals surface area (Å²) in [6.45, 7) is 8.74. The van der Waals surface area contributed by atoms with Gasteiger partial charge in [-0.3, -0.25) is 4.90 Å². The molecule has 1 saturated carbocycles. The zero-order valence-corrected chi connectivity index (χ0v) is 19.0. The van der Waals surface area contributed by atoms with Crippen LogP contribution in [0.4, 0.5) is 5.88 Å². The summed E-state index contributed by atoms with van der Waals surface area (Å²) < 4.78 is 11.6. The van der Waals surface area contributed by atoms with Gasteiger partial charge in [0.05, 0.1) is 24.4 Å². The van der Waals surface area contributed by atoms with E-state index >= 15 is 0 Å². The van der Waals surface area contributed by atoms with Crippen molar-refractivity contribution in [1.82, 2.24) is 10.1 Å². The van der Waals surface area contributed by atoms with Gasteiger partial charge in [-0.25, -0.2) is 0 Å². The molecule has 6 nitrogen and oxygen atoms in total. The molecular weight excluding hydrogens is 390 g/mol. The van der Waals surface area contributed by atoms with Crippen LogP contribution in [0.5, 0.6) is 0 Å². The largest absolute Gasteiger partial charge is 0.389 e. The highest BCUT2D eigenvalue weighted by Gasteiger charge is 2.29. The van der Waals surface area contributed by atoms with E-state index in [9.17, 15) is 5.11 Å². The lowest BCUT2D eigenvalue weighted by Gasteiger charge is -2.29. The quantitative estimate of drug-likeness (QED) is 0.576. The predicted octanol–water partition coefficient (Wildman–Crippen LogP) is 4.33. The minimum atomic E-state index is -0.500. The molecule has 2 heterocycles. The third-order valence-electron chi connectivity index (χ3n) is 6.14. The molecule has 1 saturated heterocycles. The van der Waals surface area contributed by atoms with E-state index in [1.807, 2.05) is 32.0 Å². The summed E-state index contributed by atoms with van der Waals surface area (Å²) in [7, 11) is 0. The van der Waals surface area contributed by atoms with Crippen molar-refractivity contribution in [2.45, 2.75) is 64.7 Å². The van der Waals surface area contributed by atoms with Gasteiger partial charge < -0.3 is 19.3 Å². The molecule has 1 aliphatic carbocycles. The fourth-order valence-corrected chi connectivity index (χ4v) is 4.36. The van der Waals surface area contributed by atoms with Crippen LogP contribution in [0.2, 0.25) is 0 Å². The summed E-state index contributed by atoms with van der Waals surface area (Å²) in [5.41, 5.74) is 3.15. The highest BCUT2D eigenvalue weighted by molar-refractivity contribution is 5.68. The monoisotopic (exact) mass is 427 g/mol. The summed E-state index contributed by atoms with van der Waals surface area (Å²) in [5.74, 6) is 1.64. The Morgan fingerprint density at radius 2 is 1.90 bits per heavy atom. The maximum Gasteiger partial charge on any atom is 0.232 e. The molecule has 31 heavy (non-hydrogen) atoms. The van der Waals surface area contributed by atoms with Gasteiger partial charge in [0.2, 0.25) is 5.88 Å². The van der Waals surface area contributed by atoms with Crippen LogP contribution in [0.15, 0.2) is 34.9 Å². The Bertz CT molecular complexity index is 798. The molecule has 2 fully saturated rings. The number of piperidine rings is 1. The molecule has 0 amide bonds. The minimum Gasteiger partial charge on any atom is -0.389 e. The summed E-state index contributed by atoms with van der Waals surface area (Å²) >= 11 is 0. The van der Waals surface area contributed by atoms with Crippen molar-refractivity contribution in [2.24, 2.45) is 5.92 Å². The standard InChI is InChI=1S/C25H37N3O3/c1-19(2)30-18-22(29)16-27(15-20-11-12-20)17-23-24(21-9-5-3-6-10-21)26-31-25(23)28-13-7-4-8-14-28/h3,5-6,9-10,19-20,22,29H,4,7-8,11-18H2,1-2H3/t22-/m1/s1. The highest BCUT2D eigenvalue weighted by Crippen LogP contribution is 2.35. The van der Waals surface area contributed by atoms with Crippen LogP contribution in [-0.2, 0) is 11.3 Å². The molecule has 1 aromatic carbocycles. The van der Waals surface area contributed by atoms with E-state index in [1.165, 1.54) is 32.1 Å². The Kier molecular flexibility index (Phi) is 7.64. The Labute approximate surface area is 186 Å². The highest BCUT2D eigenvalue weighted by atomic mass is 16.5. The number of rotatable bonds is 11. The van der Waals surface area contributed by atoms with Crippen LogP contribution in [0, 0.1) is 5.92 Å². The molecule has 2 aromatic rings. The predicted molar refractivity (Wildman–Crippen MR) is 123 cm³/mol. The molecule has 1 N–H and O–H groups in total. The summed E-state index contributed by atoms with van der Waals surface area (Å²) in [5, 5.41) is 15.1. The van der Waals surface area contributed by atoms with E-state index in [1.54, 1.807) is 0 Å². The van der Waals surface area contributed by atoms with Crippen molar-refractivity contribution in [1.29, 1.82) is 0 Å². The van der Waals surface area contributed by atoms with E-state index in [4.69, 9.17) is 9.26 Å². The number of nitrogens with zero attached hydrogens (tertiary/aromatic N) is 3. The molecule has 0 unspecified atom stereocenters. The van der Waals surface area contributed by atoms with Crippen LogP contribution in [0.25, 0.3) is 11.3 Å². The lowest BCUT2D eigenvalue weighted by molar-refractivity contribution is -0.0100. The van der Waals surface area contributed by atoms with Gasteiger partial charge >= 0.3 is 0 Å². The molecule has 170 valence electrons. The summed E-state index contributed by atoms with van der Waals surface area (Å²) in [6.07, 6.45) is 5.85. The number of benzene rings is 1. The van der Waals surface area contributed by atoms with E-state index in [2.05, 4.69) is 27.1 Å². The zero-order valence-electron chi connectivity index (χ0n) is 19.0. The number of hydrogen-bond donors (Lipinski definition) is 1. The molecule has 0 bridgehead atoms. The molecule has 1 aromatic heterocycles. The normalized spacial score (nSPS) is 18.2. The van der Waals surface area contributed by atoms with Gasteiger partial charge in [-0.15, -0.1) is 0 Å². The minimum absolute atomic E-state index is 0.125. The Balaban J connectivity index is 1.57. The van der Waals surface area contributed by atoms with Crippen LogP contribution >= 0.6 is 0 Å². The lowest BCUT2D eigenvalue weighted by Crippen LogP contribution is -2.37. The molecule has 6 heteroatoms. The van der Waals surface area contributed by atoms with Crippen molar-refractivity contribution in [3.8, 4) is 11.3 Å². The third kappa shape index (κ3) is 6.31. The smallest absolute Gasteiger partial charge is 0.232 e. The van der Waals surface area contributed by atoms with Crippen LogP contribution in [0.3, 0.4) is 0 Å². The van der Waals surface area contributed by atoms with Crippen LogP contribution in [0.1, 0.15) is 51.5 Å². The Hall–Kier alpha value is -1.89. The molecule has 2 aliphatic rings. The molecule has 0 radical (unpaired) electrons. The number of aromatic nitrogens is 1. The van der Waals surface area contributed by atoms with Crippen LogP contribution < -0.4 is 4.90 Å². The first-order valence-electron chi connectivity index (χ1n) is 11.9. The van der Waals surface area contributed by atoms with Crippen molar-refractivity contribution >= 4 is 5.88 Å². The van der Waals surface area contributed by atoms with Gasteiger partial charge in [0, 0.05) is 38.3 Å². The number of anilines is 1. The molecule has 4 rings (SSSR count). The fourth-order valence-electron chi connectivity index (χ4n) is 4.36. The molecular formula is C25H37N3O3. The Morgan fingerprint density at radius 1 is 1.16 bits per heavy atom. The number of ether oxygens (including phenoxy) is 1. The van der Waals surface area contributed by atoms with E-state index < -0.39 is 6.10 Å². The maximum absolute atomic E-state index is 10.6. The van der Waals surface area contributed by atoms with Gasteiger partial charge in [-0.2, -0.15) is 0 Å². The summed E-state index contributed by atoms with van der Waals surface area (Å²) in [6, 6.07) is 10.3. The average Bonchev–Trinajstić information content (AvgIpc) is 3.50. The van der Waals surface area contributed by atoms with E-state index in [0.717, 1.165) is 54.8 Å². The molecule has 0 spiro atoms. The number of aliphatic hydroxyl groups is 1. The number of aliphatic hydroxyl groups excluding tert-OH is 1. The summed E-state index contributed by atoms with van der Waals surface area (Å²) in [4.78, 5) is 4.73. The molecule has 1 atom stereocenters. The van der Waals surface area contributed by atoms with Gasteiger partial charge in [0.25, 0.3) is 0 Å². The van der Waals surface area contributed by atoms with E-state index in [-0.39, 0.29) is 6.10 Å². The second-order valence-corrected chi connectivity index (χ2v) is 9.40. The van der Waals surface area contributed by atoms with Gasteiger partial charge in [-0.05, 0) is 51.9 Å². The lowest BCUT2D eigenvalue weighted by atomic mass is 10.1. The first-order valence-corrected chi connectivity index (χ1v) is 11.9. The zero-order chi connectivity index (χ0) is 21.6. The van der Waals surface area contributed by atoms with Crippen molar-refractivity contribution in [3.63, 3.8) is 0 Å². The third-order valence-corrected chi connectivity index (χ3v) is 6.14. The first-order chi connectivity index (χ1) is 15.1. The van der Waals surface area contributed by atoms with E-state index in [0.29, 0.717) is 13.2 Å². The SMILES string of the molecule is CC(C)OC[C@H](O)CN(Cc1c(-c2ccccc2)noc1N1CCCCC1)CC1CC1. The second kappa shape index (κ2) is 10.6. The topological polar surface area (TPSA) is 62.0 Å². The van der Waals surface area contributed by atoms with Gasteiger partial charge in [0.15, 0.2) is 0 Å². The van der Waals surface area contributed by atoms with Crippen molar-refractivity contribution in [3.05, 3.63) is 35.9 Å². The second-order valence-electron chi connectivity index (χ2n) is 9.40. The fraction of sp³-hybridized carbons (Fsp3) is 0.640. The first kappa shape index (κ1) is 22.3. The maximum atomic E-state index is 10.6. The average molecular weight is 428 g/mol. The molecule has 1 aliphatic heterocycles. The van der Waals surface area contributed by atoms with Crippen molar-refractivity contribution < 1.29 is 14.4 Å².